The van der Waals surface area contributed by atoms with Crippen LogP contribution in [0.25, 0.3) is 0 Å². The highest BCUT2D eigenvalue weighted by Crippen LogP contribution is 2.24. The second-order valence-electron chi connectivity index (χ2n) is 6.06. The maximum atomic E-state index is 2.69. The molecule has 0 amide bonds. The Balaban J connectivity index is 2.37. The fourth-order valence-corrected chi connectivity index (χ4v) is 2.55. The largest absolute Gasteiger partial charge is 0.301 e. The molecular formula is C13H27N. The molecule has 0 N–H and O–H groups in total. The molecule has 0 aliphatic carbocycles. The van der Waals surface area contributed by atoms with Crippen molar-refractivity contribution >= 4 is 0 Å². The maximum Gasteiger partial charge on any atom is 0.00719 e. The summed E-state index contributed by atoms with van der Waals surface area (Å²) in [6.45, 7) is 12.1. The van der Waals surface area contributed by atoms with Crippen LogP contribution in [0, 0.1) is 5.41 Å². The highest BCUT2D eigenvalue weighted by molar-refractivity contribution is 4.75. The van der Waals surface area contributed by atoms with Crippen LogP contribution in [0.15, 0.2) is 0 Å². The van der Waals surface area contributed by atoms with E-state index >= 15 is 0 Å². The van der Waals surface area contributed by atoms with E-state index in [1.54, 1.807) is 0 Å². The van der Waals surface area contributed by atoms with Gasteiger partial charge in [0, 0.05) is 6.04 Å². The molecule has 14 heavy (non-hydrogen) atoms. The zero-order valence-electron chi connectivity index (χ0n) is 10.5. The minimum Gasteiger partial charge on any atom is -0.301 e. The van der Waals surface area contributed by atoms with E-state index in [1.165, 1.54) is 45.2 Å². The molecule has 1 rings (SSSR count). The number of likely N-dealkylation sites (tertiary alicyclic amines) is 1. The van der Waals surface area contributed by atoms with E-state index in [2.05, 4.69) is 32.6 Å². The van der Waals surface area contributed by atoms with E-state index in [1.807, 2.05) is 0 Å². The highest BCUT2D eigenvalue weighted by Gasteiger charge is 2.21. The Morgan fingerprint density at radius 2 is 1.50 bits per heavy atom. The van der Waals surface area contributed by atoms with Gasteiger partial charge in [0.15, 0.2) is 0 Å². The van der Waals surface area contributed by atoms with Gasteiger partial charge in [0.1, 0.15) is 0 Å². The summed E-state index contributed by atoms with van der Waals surface area (Å²) in [6, 6.07) is 0.771. The van der Waals surface area contributed by atoms with Crippen LogP contribution in [0.1, 0.15) is 59.8 Å². The Morgan fingerprint density at radius 3 is 1.93 bits per heavy atom. The zero-order chi connectivity index (χ0) is 10.6. The van der Waals surface area contributed by atoms with Crippen molar-refractivity contribution < 1.29 is 0 Å². The first-order chi connectivity index (χ1) is 6.49. The lowest BCUT2D eigenvalue weighted by Gasteiger charge is -2.32. The van der Waals surface area contributed by atoms with Crippen LogP contribution >= 0.6 is 0 Å². The standard InChI is InChI=1S/C13H27N/c1-12(11-13(2,3)4)14-9-7-5-6-8-10-14/h12H,5-11H2,1-4H3. The van der Waals surface area contributed by atoms with Crippen LogP contribution in [0.2, 0.25) is 0 Å². The van der Waals surface area contributed by atoms with Crippen LogP contribution in [0.5, 0.6) is 0 Å². The maximum absolute atomic E-state index is 2.69. The first-order valence-electron chi connectivity index (χ1n) is 6.23. The normalized spacial score (nSPS) is 23.1. The summed E-state index contributed by atoms with van der Waals surface area (Å²) >= 11 is 0. The molecule has 1 unspecified atom stereocenters. The summed E-state index contributed by atoms with van der Waals surface area (Å²) < 4.78 is 0. The molecule has 1 atom stereocenters. The van der Waals surface area contributed by atoms with Crippen LogP contribution in [-0.2, 0) is 0 Å². The van der Waals surface area contributed by atoms with Gasteiger partial charge in [-0.15, -0.1) is 0 Å². The van der Waals surface area contributed by atoms with E-state index in [9.17, 15) is 0 Å². The molecule has 1 aliphatic rings. The average Bonchev–Trinajstić information content (AvgIpc) is 2.27. The fourth-order valence-electron chi connectivity index (χ4n) is 2.55. The Hall–Kier alpha value is -0.0400. The van der Waals surface area contributed by atoms with Gasteiger partial charge in [-0.05, 0) is 44.7 Å². The van der Waals surface area contributed by atoms with Crippen molar-refractivity contribution in [1.82, 2.24) is 4.90 Å². The summed E-state index contributed by atoms with van der Waals surface area (Å²) in [5.74, 6) is 0. The van der Waals surface area contributed by atoms with Gasteiger partial charge in [0.25, 0.3) is 0 Å². The Bertz CT molecular complexity index is 149. The van der Waals surface area contributed by atoms with Crippen molar-refractivity contribution in [1.29, 1.82) is 0 Å². The molecule has 1 fully saturated rings. The third kappa shape index (κ3) is 4.45. The molecule has 1 aliphatic heterocycles. The van der Waals surface area contributed by atoms with E-state index in [-0.39, 0.29) is 0 Å². The Morgan fingerprint density at radius 1 is 1.00 bits per heavy atom. The summed E-state index contributed by atoms with van der Waals surface area (Å²) in [4.78, 5) is 2.69. The van der Waals surface area contributed by atoms with Crippen molar-refractivity contribution in [3.05, 3.63) is 0 Å². The van der Waals surface area contributed by atoms with Gasteiger partial charge in [0.2, 0.25) is 0 Å². The summed E-state index contributed by atoms with van der Waals surface area (Å²) in [5, 5.41) is 0. The molecule has 1 nitrogen and oxygen atoms in total. The first-order valence-corrected chi connectivity index (χ1v) is 6.23. The molecule has 1 heteroatoms. The molecule has 0 aromatic carbocycles. The molecule has 0 bridgehead atoms. The Labute approximate surface area is 89.9 Å². The monoisotopic (exact) mass is 197 g/mol. The van der Waals surface area contributed by atoms with Gasteiger partial charge in [-0.25, -0.2) is 0 Å². The lowest BCUT2D eigenvalue weighted by molar-refractivity contribution is 0.165. The van der Waals surface area contributed by atoms with Gasteiger partial charge >= 0.3 is 0 Å². The van der Waals surface area contributed by atoms with Gasteiger partial charge in [0.05, 0.1) is 0 Å². The zero-order valence-corrected chi connectivity index (χ0v) is 10.5. The SMILES string of the molecule is CC(CC(C)(C)C)N1CCCCCC1. The smallest absolute Gasteiger partial charge is 0.00719 e. The van der Waals surface area contributed by atoms with Crippen molar-refractivity contribution in [3.63, 3.8) is 0 Å². The van der Waals surface area contributed by atoms with E-state index in [0.717, 1.165) is 6.04 Å². The molecule has 84 valence electrons. The molecule has 0 aromatic rings. The van der Waals surface area contributed by atoms with Crippen LogP contribution < -0.4 is 0 Å². The second kappa shape index (κ2) is 5.16. The third-order valence-electron chi connectivity index (χ3n) is 3.17. The van der Waals surface area contributed by atoms with E-state index in [0.29, 0.717) is 5.41 Å². The molecule has 0 saturated carbocycles. The van der Waals surface area contributed by atoms with E-state index < -0.39 is 0 Å². The lowest BCUT2D eigenvalue weighted by atomic mass is 9.88. The van der Waals surface area contributed by atoms with Gasteiger partial charge in [-0.1, -0.05) is 33.6 Å². The third-order valence-corrected chi connectivity index (χ3v) is 3.17. The minimum atomic E-state index is 0.478. The predicted molar refractivity (Wildman–Crippen MR) is 63.6 cm³/mol. The van der Waals surface area contributed by atoms with Gasteiger partial charge in [-0.3, -0.25) is 0 Å². The van der Waals surface area contributed by atoms with Crippen LogP contribution in [0.3, 0.4) is 0 Å². The van der Waals surface area contributed by atoms with Crippen molar-refractivity contribution in [2.75, 3.05) is 13.1 Å². The number of hydrogen-bond donors (Lipinski definition) is 0. The Kier molecular flexibility index (Phi) is 4.43. The fraction of sp³-hybridized carbons (Fsp3) is 1.00. The van der Waals surface area contributed by atoms with Crippen molar-refractivity contribution in [2.45, 2.75) is 65.8 Å². The topological polar surface area (TPSA) is 3.24 Å². The number of nitrogens with zero attached hydrogens (tertiary/aromatic N) is 1. The molecule has 0 radical (unpaired) electrons. The average molecular weight is 197 g/mol. The van der Waals surface area contributed by atoms with Crippen molar-refractivity contribution in [3.8, 4) is 0 Å². The summed E-state index contributed by atoms with van der Waals surface area (Å²) in [7, 11) is 0. The minimum absolute atomic E-state index is 0.478. The van der Waals surface area contributed by atoms with Crippen LogP contribution in [-0.4, -0.2) is 24.0 Å². The summed E-state index contributed by atoms with van der Waals surface area (Å²) in [5.41, 5.74) is 0.478. The van der Waals surface area contributed by atoms with Gasteiger partial charge < -0.3 is 4.90 Å². The molecule has 1 heterocycles. The molecule has 0 spiro atoms. The second-order valence-corrected chi connectivity index (χ2v) is 6.06. The van der Waals surface area contributed by atoms with E-state index in [4.69, 9.17) is 0 Å². The van der Waals surface area contributed by atoms with Crippen LogP contribution in [0.4, 0.5) is 0 Å². The molecular weight excluding hydrogens is 170 g/mol. The quantitative estimate of drug-likeness (QED) is 0.652. The predicted octanol–water partition coefficient (Wildman–Crippen LogP) is 3.69. The highest BCUT2D eigenvalue weighted by atomic mass is 15.1. The number of rotatable bonds is 2. The van der Waals surface area contributed by atoms with Gasteiger partial charge in [-0.2, -0.15) is 0 Å². The molecule has 0 aromatic heterocycles. The summed E-state index contributed by atoms with van der Waals surface area (Å²) in [6.07, 6.45) is 7.04. The lowest BCUT2D eigenvalue weighted by Crippen LogP contribution is -2.36. The molecule has 1 saturated heterocycles. The van der Waals surface area contributed by atoms with Crippen molar-refractivity contribution in [2.24, 2.45) is 5.41 Å². The first kappa shape index (κ1) is 12.0. The number of hydrogen-bond acceptors (Lipinski definition) is 1.